The highest BCUT2D eigenvalue weighted by molar-refractivity contribution is 9.10. The number of nitrogens with one attached hydrogen (secondary N) is 2. The van der Waals surface area contributed by atoms with Crippen LogP contribution in [0.1, 0.15) is 18.5 Å². The van der Waals surface area contributed by atoms with Crippen LogP contribution in [-0.2, 0) is 11.3 Å². The molecule has 0 unspecified atom stereocenters. The minimum Gasteiger partial charge on any atom is -0.352 e. The molecule has 1 aliphatic heterocycles. The summed E-state index contributed by atoms with van der Waals surface area (Å²) in [6.07, 6.45) is 2.70. The van der Waals surface area contributed by atoms with E-state index in [1.807, 2.05) is 0 Å². The Morgan fingerprint density at radius 1 is 1.59 bits per heavy atom. The number of carbonyl (C=O) groups is 1. The molecule has 7 heteroatoms. The Labute approximate surface area is 106 Å². The van der Waals surface area contributed by atoms with E-state index in [2.05, 4.69) is 36.5 Å². The summed E-state index contributed by atoms with van der Waals surface area (Å²) in [6, 6.07) is 0.135. The summed E-state index contributed by atoms with van der Waals surface area (Å²) < 4.78 is 13.6. The van der Waals surface area contributed by atoms with Crippen molar-refractivity contribution in [1.29, 1.82) is 0 Å². The van der Waals surface area contributed by atoms with Gasteiger partial charge in [-0.25, -0.2) is 14.4 Å². The van der Waals surface area contributed by atoms with E-state index in [0.717, 1.165) is 6.42 Å². The molecule has 1 fully saturated rings. The third-order valence-electron chi connectivity index (χ3n) is 2.59. The summed E-state index contributed by atoms with van der Waals surface area (Å²) in [5.74, 6) is -0.372. The Morgan fingerprint density at radius 2 is 2.41 bits per heavy atom. The van der Waals surface area contributed by atoms with Crippen LogP contribution in [0.25, 0.3) is 0 Å². The first-order chi connectivity index (χ1) is 8.16. The molecule has 1 aromatic heterocycles. The Balaban J connectivity index is 1.82. The first kappa shape index (κ1) is 12.4. The molecule has 0 aromatic carbocycles. The third kappa shape index (κ3) is 3.19. The fourth-order valence-corrected chi connectivity index (χ4v) is 2.02. The van der Waals surface area contributed by atoms with Gasteiger partial charge in [-0.3, -0.25) is 4.79 Å². The first-order valence-corrected chi connectivity index (χ1v) is 6.11. The topological polar surface area (TPSA) is 66.9 Å². The lowest BCUT2D eigenvalue weighted by molar-refractivity contribution is -0.119. The maximum absolute atomic E-state index is 13.5. The number of aromatic nitrogens is 2. The Bertz CT molecular complexity index is 429. The highest BCUT2D eigenvalue weighted by atomic mass is 79.9. The molecule has 2 N–H and O–H groups in total. The van der Waals surface area contributed by atoms with Crippen molar-refractivity contribution in [1.82, 2.24) is 20.6 Å². The summed E-state index contributed by atoms with van der Waals surface area (Å²) in [7, 11) is 0. The van der Waals surface area contributed by atoms with Crippen LogP contribution < -0.4 is 10.6 Å². The van der Waals surface area contributed by atoms with E-state index in [0.29, 0.717) is 25.2 Å². The van der Waals surface area contributed by atoms with E-state index < -0.39 is 5.82 Å². The second kappa shape index (κ2) is 5.50. The van der Waals surface area contributed by atoms with Gasteiger partial charge in [0.25, 0.3) is 0 Å². The van der Waals surface area contributed by atoms with Crippen molar-refractivity contribution in [3.8, 4) is 0 Å². The molecule has 0 aliphatic carbocycles. The SMILES string of the molecule is O=C1CC[C@@H](CNCc2ncnc(Br)c2F)N1. The number of rotatable bonds is 4. The van der Waals surface area contributed by atoms with Crippen molar-refractivity contribution in [3.05, 3.63) is 22.4 Å². The highest BCUT2D eigenvalue weighted by Gasteiger charge is 2.20. The van der Waals surface area contributed by atoms with E-state index in [4.69, 9.17) is 0 Å². The van der Waals surface area contributed by atoms with E-state index in [9.17, 15) is 9.18 Å². The second-order valence-corrected chi connectivity index (χ2v) is 4.61. The van der Waals surface area contributed by atoms with Gasteiger partial charge in [0.15, 0.2) is 5.82 Å². The molecule has 92 valence electrons. The molecule has 1 aromatic rings. The number of nitrogens with zero attached hydrogens (tertiary/aromatic N) is 2. The molecular formula is C10H12BrFN4O. The van der Waals surface area contributed by atoms with Gasteiger partial charge in [0, 0.05) is 25.6 Å². The smallest absolute Gasteiger partial charge is 0.220 e. The Hall–Kier alpha value is -1.08. The molecule has 5 nitrogen and oxygen atoms in total. The highest BCUT2D eigenvalue weighted by Crippen LogP contribution is 2.13. The van der Waals surface area contributed by atoms with Gasteiger partial charge in [0.05, 0.1) is 5.69 Å². The number of halogens is 2. The van der Waals surface area contributed by atoms with Gasteiger partial charge in [-0.1, -0.05) is 0 Å². The van der Waals surface area contributed by atoms with Crippen LogP contribution in [0.4, 0.5) is 4.39 Å². The van der Waals surface area contributed by atoms with E-state index in [1.165, 1.54) is 6.33 Å². The van der Waals surface area contributed by atoms with Gasteiger partial charge < -0.3 is 10.6 Å². The van der Waals surface area contributed by atoms with E-state index >= 15 is 0 Å². The zero-order valence-electron chi connectivity index (χ0n) is 9.04. The van der Waals surface area contributed by atoms with Crippen LogP contribution >= 0.6 is 15.9 Å². The van der Waals surface area contributed by atoms with Crippen molar-refractivity contribution in [2.45, 2.75) is 25.4 Å². The fraction of sp³-hybridized carbons (Fsp3) is 0.500. The number of hydrogen-bond donors (Lipinski definition) is 2. The van der Waals surface area contributed by atoms with Crippen molar-refractivity contribution < 1.29 is 9.18 Å². The quantitative estimate of drug-likeness (QED) is 0.806. The van der Waals surface area contributed by atoms with Crippen LogP contribution in [0.15, 0.2) is 10.9 Å². The summed E-state index contributed by atoms with van der Waals surface area (Å²) >= 11 is 3.00. The van der Waals surface area contributed by atoms with E-state index in [1.54, 1.807) is 0 Å². The summed E-state index contributed by atoms with van der Waals surface area (Å²) in [5, 5.41) is 5.90. The Kier molecular flexibility index (Phi) is 4.01. The van der Waals surface area contributed by atoms with Crippen LogP contribution in [-0.4, -0.2) is 28.5 Å². The van der Waals surface area contributed by atoms with Crippen LogP contribution in [0.3, 0.4) is 0 Å². The molecule has 0 radical (unpaired) electrons. The normalized spacial score (nSPS) is 19.4. The minimum absolute atomic E-state index is 0.0766. The van der Waals surface area contributed by atoms with Crippen molar-refractivity contribution in [3.63, 3.8) is 0 Å². The monoisotopic (exact) mass is 302 g/mol. The van der Waals surface area contributed by atoms with Crippen molar-refractivity contribution in [2.75, 3.05) is 6.54 Å². The van der Waals surface area contributed by atoms with Crippen molar-refractivity contribution >= 4 is 21.8 Å². The standard InChI is InChI=1S/C10H12BrFN4O/c11-10-9(12)7(14-5-15-10)4-13-3-6-1-2-8(17)16-6/h5-6,13H,1-4H2,(H,16,17)/t6-/m0/s1. The Morgan fingerprint density at radius 3 is 3.12 bits per heavy atom. The molecule has 2 rings (SSSR count). The number of amides is 1. The lowest BCUT2D eigenvalue weighted by Gasteiger charge is -2.11. The zero-order chi connectivity index (χ0) is 12.3. The van der Waals surface area contributed by atoms with E-state index in [-0.39, 0.29) is 16.6 Å². The van der Waals surface area contributed by atoms with Gasteiger partial charge in [-0.2, -0.15) is 0 Å². The molecule has 2 heterocycles. The molecule has 0 saturated carbocycles. The first-order valence-electron chi connectivity index (χ1n) is 5.32. The van der Waals surface area contributed by atoms with Gasteiger partial charge in [0.1, 0.15) is 10.9 Å². The number of carbonyl (C=O) groups excluding carboxylic acids is 1. The maximum atomic E-state index is 13.5. The van der Waals surface area contributed by atoms with Gasteiger partial charge in [-0.05, 0) is 22.4 Å². The molecule has 1 atom stereocenters. The van der Waals surface area contributed by atoms with Crippen LogP contribution in [0, 0.1) is 5.82 Å². The maximum Gasteiger partial charge on any atom is 0.220 e. The molecular weight excluding hydrogens is 291 g/mol. The molecule has 17 heavy (non-hydrogen) atoms. The summed E-state index contributed by atoms with van der Waals surface area (Å²) in [6.45, 7) is 0.937. The molecule has 1 amide bonds. The number of hydrogen-bond acceptors (Lipinski definition) is 4. The molecule has 0 bridgehead atoms. The second-order valence-electron chi connectivity index (χ2n) is 3.86. The fourth-order valence-electron chi connectivity index (χ4n) is 1.70. The minimum atomic E-state index is -0.449. The molecule has 1 aliphatic rings. The van der Waals surface area contributed by atoms with Crippen LogP contribution in [0.5, 0.6) is 0 Å². The summed E-state index contributed by atoms with van der Waals surface area (Å²) in [5.41, 5.74) is 0.316. The van der Waals surface area contributed by atoms with Gasteiger partial charge in [-0.15, -0.1) is 0 Å². The average molecular weight is 303 g/mol. The van der Waals surface area contributed by atoms with Crippen LogP contribution in [0.2, 0.25) is 0 Å². The predicted octanol–water partition coefficient (Wildman–Crippen LogP) is 0.746. The van der Waals surface area contributed by atoms with Gasteiger partial charge >= 0.3 is 0 Å². The molecule has 0 spiro atoms. The third-order valence-corrected chi connectivity index (χ3v) is 3.14. The summed E-state index contributed by atoms with van der Waals surface area (Å²) in [4.78, 5) is 18.5. The predicted molar refractivity (Wildman–Crippen MR) is 62.6 cm³/mol. The van der Waals surface area contributed by atoms with Gasteiger partial charge in [0.2, 0.25) is 5.91 Å². The average Bonchev–Trinajstić information content (AvgIpc) is 2.70. The lowest BCUT2D eigenvalue weighted by atomic mass is 10.2. The largest absolute Gasteiger partial charge is 0.352 e. The molecule has 1 saturated heterocycles. The lowest BCUT2D eigenvalue weighted by Crippen LogP contribution is -2.35. The van der Waals surface area contributed by atoms with Crippen molar-refractivity contribution in [2.24, 2.45) is 0 Å². The zero-order valence-corrected chi connectivity index (χ0v) is 10.6.